The van der Waals surface area contributed by atoms with E-state index in [1.54, 1.807) is 72.8 Å². The molecule has 1 heterocycles. The number of nitrogens with zero attached hydrogens (tertiary/aromatic N) is 7. The zero-order chi connectivity index (χ0) is 35.3. The van der Waals surface area contributed by atoms with E-state index in [0.717, 1.165) is 6.07 Å². The predicted molar refractivity (Wildman–Crippen MR) is 181 cm³/mol. The first-order chi connectivity index (χ1) is 24.4. The summed E-state index contributed by atoms with van der Waals surface area (Å²) >= 11 is 0. The Morgan fingerprint density at radius 3 is 2.42 bits per heavy atom. The van der Waals surface area contributed by atoms with Gasteiger partial charge in [0.2, 0.25) is 5.90 Å². The van der Waals surface area contributed by atoms with Crippen LogP contribution in [0.25, 0.3) is 20.9 Å². The maximum Gasteiger partial charge on any atom is 0.266 e. The Bertz CT molecular complexity index is 1930. The van der Waals surface area contributed by atoms with Crippen LogP contribution in [0.2, 0.25) is 0 Å². The molecule has 13 nitrogen and oxygen atoms in total. The van der Waals surface area contributed by atoms with Crippen LogP contribution in [-0.2, 0) is 28.9 Å². The lowest BCUT2D eigenvalue weighted by atomic mass is 9.80. The zero-order valence-electron chi connectivity index (χ0n) is 26.7. The number of hydrogen-bond donors (Lipinski definition) is 3. The summed E-state index contributed by atoms with van der Waals surface area (Å²) in [5, 5.41) is 16.7. The number of ether oxygens (including phenoxy) is 2. The molecule has 0 fully saturated rings. The van der Waals surface area contributed by atoms with Crippen molar-refractivity contribution < 1.29 is 28.2 Å². The molecular formula is C35H33F2N9O4. The highest BCUT2D eigenvalue weighted by molar-refractivity contribution is 6.01. The van der Waals surface area contributed by atoms with Crippen molar-refractivity contribution in [2.24, 2.45) is 15.2 Å². The number of hydrazine groups is 1. The van der Waals surface area contributed by atoms with E-state index in [2.05, 4.69) is 30.9 Å². The molecule has 0 bridgehead atoms. The molecule has 15 heteroatoms. The Labute approximate surface area is 285 Å². The standard InChI is InChI=1S/C35H33F2N9O4/c36-27-18-23(19-28(37)20-27)14-15-40-44-34(48)35(21-25-6-1-2-7-26(25)22-41-45-38)32(30-8-3-4-9-31(30)43-46-39)50-33(42-35)24-10-12-29(13-11-24)49-17-5-16-47/h1-4,6-13,18-20,32,40,47H,5,14-17,21-22H2,(H,44,48)/t32-,35-/m0/s1. The van der Waals surface area contributed by atoms with E-state index in [-0.39, 0.29) is 44.1 Å². The van der Waals surface area contributed by atoms with E-state index in [0.29, 0.717) is 46.6 Å². The molecule has 1 aliphatic heterocycles. The Balaban J connectivity index is 1.56. The maximum absolute atomic E-state index is 14.5. The van der Waals surface area contributed by atoms with Crippen molar-refractivity contribution in [2.45, 2.75) is 37.5 Å². The van der Waals surface area contributed by atoms with E-state index in [4.69, 9.17) is 25.1 Å². The van der Waals surface area contributed by atoms with Gasteiger partial charge in [-0.1, -0.05) is 58.8 Å². The summed E-state index contributed by atoms with van der Waals surface area (Å²) in [5.41, 5.74) is 25.1. The number of rotatable bonds is 16. The van der Waals surface area contributed by atoms with Gasteiger partial charge in [0.1, 0.15) is 17.4 Å². The summed E-state index contributed by atoms with van der Waals surface area (Å²) in [6.07, 6.45) is -0.493. The average molecular weight is 682 g/mol. The van der Waals surface area contributed by atoms with Crippen LogP contribution in [0.15, 0.2) is 106 Å². The van der Waals surface area contributed by atoms with Crippen LogP contribution in [-0.4, -0.2) is 42.2 Å². The fourth-order valence-corrected chi connectivity index (χ4v) is 5.60. The van der Waals surface area contributed by atoms with E-state index >= 15 is 0 Å². The topological polar surface area (TPSA) is 190 Å². The van der Waals surface area contributed by atoms with Crippen molar-refractivity contribution >= 4 is 17.5 Å². The number of carbonyl (C=O) groups excluding carboxylic acids is 1. The average Bonchev–Trinajstić information content (AvgIpc) is 3.50. The summed E-state index contributed by atoms with van der Waals surface area (Å²) in [6, 6.07) is 23.9. The molecule has 0 saturated heterocycles. The predicted octanol–water partition coefficient (Wildman–Crippen LogP) is 6.84. The van der Waals surface area contributed by atoms with Crippen LogP contribution < -0.4 is 15.6 Å². The number of aliphatic imine (C=N–C) groups is 1. The van der Waals surface area contributed by atoms with Gasteiger partial charge in [-0.25, -0.2) is 19.2 Å². The minimum absolute atomic E-state index is 0.00418. The normalized spacial score (nSPS) is 16.4. The van der Waals surface area contributed by atoms with Crippen LogP contribution in [0.1, 0.15) is 40.3 Å². The lowest BCUT2D eigenvalue weighted by Crippen LogP contribution is -2.54. The molecule has 0 aliphatic carbocycles. The van der Waals surface area contributed by atoms with Crippen molar-refractivity contribution in [3.63, 3.8) is 0 Å². The summed E-state index contributed by atoms with van der Waals surface area (Å²) < 4.78 is 39.7. The summed E-state index contributed by atoms with van der Waals surface area (Å²) in [6.45, 7) is 0.455. The third-order valence-corrected chi connectivity index (χ3v) is 7.95. The molecule has 0 unspecified atom stereocenters. The molecule has 256 valence electrons. The molecule has 1 amide bonds. The molecule has 50 heavy (non-hydrogen) atoms. The highest BCUT2D eigenvalue weighted by Crippen LogP contribution is 2.45. The summed E-state index contributed by atoms with van der Waals surface area (Å²) in [5.74, 6) is -1.34. The number of nitrogens with one attached hydrogen (secondary N) is 2. The molecule has 0 spiro atoms. The molecule has 0 aromatic heterocycles. The van der Waals surface area contributed by atoms with Gasteiger partial charge in [-0.05, 0) is 70.6 Å². The molecule has 4 aromatic carbocycles. The number of halogens is 2. The number of azide groups is 2. The molecule has 5 rings (SSSR count). The van der Waals surface area contributed by atoms with Gasteiger partial charge in [0.25, 0.3) is 5.91 Å². The quantitative estimate of drug-likeness (QED) is 0.0383. The van der Waals surface area contributed by atoms with Crippen molar-refractivity contribution in [2.75, 3.05) is 19.8 Å². The number of carbonyl (C=O) groups is 1. The van der Waals surface area contributed by atoms with E-state index < -0.39 is 29.2 Å². The highest BCUT2D eigenvalue weighted by atomic mass is 19.1. The van der Waals surface area contributed by atoms with Crippen LogP contribution in [0, 0.1) is 11.6 Å². The van der Waals surface area contributed by atoms with Gasteiger partial charge in [-0.3, -0.25) is 10.2 Å². The lowest BCUT2D eigenvalue weighted by molar-refractivity contribution is -0.130. The summed E-state index contributed by atoms with van der Waals surface area (Å²) in [4.78, 5) is 25.4. The monoisotopic (exact) mass is 681 g/mol. The number of amides is 1. The minimum Gasteiger partial charge on any atom is -0.494 e. The lowest BCUT2D eigenvalue weighted by Gasteiger charge is -2.32. The first kappa shape index (κ1) is 35.3. The van der Waals surface area contributed by atoms with Crippen LogP contribution in [0.4, 0.5) is 14.5 Å². The second-order valence-corrected chi connectivity index (χ2v) is 11.3. The minimum atomic E-state index is -1.73. The molecule has 4 aromatic rings. The van der Waals surface area contributed by atoms with Crippen molar-refractivity contribution in [1.82, 2.24) is 10.9 Å². The fraction of sp³-hybridized carbons (Fsp3) is 0.257. The largest absolute Gasteiger partial charge is 0.494 e. The third-order valence-electron chi connectivity index (χ3n) is 7.95. The highest BCUT2D eigenvalue weighted by Gasteiger charge is 2.54. The van der Waals surface area contributed by atoms with Gasteiger partial charge in [-0.2, -0.15) is 0 Å². The van der Waals surface area contributed by atoms with Crippen molar-refractivity contribution in [1.29, 1.82) is 0 Å². The molecular weight excluding hydrogens is 648 g/mol. The number of aliphatic hydroxyl groups excluding tert-OH is 1. The fourth-order valence-electron chi connectivity index (χ4n) is 5.60. The molecule has 1 aliphatic rings. The first-order valence-corrected chi connectivity index (χ1v) is 15.7. The van der Waals surface area contributed by atoms with Gasteiger partial charge in [0.05, 0.1) is 13.2 Å². The van der Waals surface area contributed by atoms with Crippen molar-refractivity contribution in [3.05, 3.63) is 151 Å². The number of benzene rings is 4. The first-order valence-electron chi connectivity index (χ1n) is 15.7. The van der Waals surface area contributed by atoms with Gasteiger partial charge >= 0.3 is 0 Å². The van der Waals surface area contributed by atoms with Crippen LogP contribution in [0.3, 0.4) is 0 Å². The second-order valence-electron chi connectivity index (χ2n) is 11.3. The van der Waals surface area contributed by atoms with E-state index in [1.807, 2.05) is 0 Å². The zero-order valence-corrected chi connectivity index (χ0v) is 26.7. The van der Waals surface area contributed by atoms with Gasteiger partial charge in [0.15, 0.2) is 11.6 Å². The summed E-state index contributed by atoms with van der Waals surface area (Å²) in [7, 11) is 0. The molecule has 0 radical (unpaired) electrons. The van der Waals surface area contributed by atoms with Crippen molar-refractivity contribution in [3.8, 4) is 5.75 Å². The van der Waals surface area contributed by atoms with Crippen LogP contribution >= 0.6 is 0 Å². The number of aliphatic hydroxyl groups is 1. The smallest absolute Gasteiger partial charge is 0.266 e. The SMILES string of the molecule is [N-]=[N+]=NCc1ccccc1C[C@]1(C(=O)NNCCc2cc(F)cc(F)c2)N=C(c2ccc(OCCCO)cc2)O[C@H]1c1ccccc1N=[N+]=[N-]. The van der Waals surface area contributed by atoms with Gasteiger partial charge in [0, 0.05) is 58.7 Å². The molecule has 0 saturated carbocycles. The van der Waals surface area contributed by atoms with E-state index in [1.165, 1.54) is 12.1 Å². The Morgan fingerprint density at radius 1 is 0.980 bits per heavy atom. The third kappa shape index (κ3) is 8.53. The molecule has 3 N–H and O–H groups in total. The Hall–Kier alpha value is -5.98. The second kappa shape index (κ2) is 16.9. The maximum atomic E-state index is 14.5. The Kier molecular flexibility index (Phi) is 11.9. The Morgan fingerprint density at radius 2 is 1.70 bits per heavy atom. The van der Waals surface area contributed by atoms with E-state index in [9.17, 15) is 19.1 Å². The number of hydrogen-bond acceptors (Lipinski definition) is 8. The molecule has 2 atom stereocenters. The van der Waals surface area contributed by atoms with Crippen LogP contribution in [0.5, 0.6) is 5.75 Å². The van der Waals surface area contributed by atoms with Gasteiger partial charge in [-0.15, -0.1) is 0 Å². The van der Waals surface area contributed by atoms with Gasteiger partial charge < -0.3 is 14.6 Å².